The van der Waals surface area contributed by atoms with Gasteiger partial charge in [0.2, 0.25) is 0 Å². The first-order valence-electron chi connectivity index (χ1n) is 4.37. The van der Waals surface area contributed by atoms with E-state index in [2.05, 4.69) is 6.07 Å². The van der Waals surface area contributed by atoms with Gasteiger partial charge in [0.25, 0.3) is 0 Å². The average Bonchev–Trinajstić information content (AvgIpc) is 2.27. The summed E-state index contributed by atoms with van der Waals surface area (Å²) in [4.78, 5) is 0. The van der Waals surface area contributed by atoms with E-state index in [9.17, 15) is 0 Å². The van der Waals surface area contributed by atoms with Gasteiger partial charge in [-0.3, -0.25) is 0 Å². The van der Waals surface area contributed by atoms with Crippen LogP contribution in [0.1, 0.15) is 0 Å². The predicted octanol–water partition coefficient (Wildman–Crippen LogP) is 2.66. The molecular formula is C12H11O2. The van der Waals surface area contributed by atoms with E-state index in [0.717, 1.165) is 22.3 Å². The van der Waals surface area contributed by atoms with E-state index in [1.165, 1.54) is 0 Å². The lowest BCUT2D eigenvalue weighted by atomic mass is 10.1. The van der Waals surface area contributed by atoms with Gasteiger partial charge < -0.3 is 9.47 Å². The van der Waals surface area contributed by atoms with Crippen molar-refractivity contribution in [3.63, 3.8) is 0 Å². The highest BCUT2D eigenvalue weighted by molar-refractivity contribution is 5.89. The van der Waals surface area contributed by atoms with Gasteiger partial charge in [0.15, 0.2) is 0 Å². The average molecular weight is 187 g/mol. The van der Waals surface area contributed by atoms with Crippen LogP contribution in [0.5, 0.6) is 11.5 Å². The molecule has 0 bridgehead atoms. The van der Waals surface area contributed by atoms with Crippen LogP contribution < -0.4 is 9.47 Å². The number of rotatable bonds is 2. The molecule has 0 heterocycles. The van der Waals surface area contributed by atoms with Crippen molar-refractivity contribution < 1.29 is 9.47 Å². The predicted molar refractivity (Wildman–Crippen MR) is 55.9 cm³/mol. The highest BCUT2D eigenvalue weighted by Gasteiger charge is 2.01. The Morgan fingerprint density at radius 1 is 1.07 bits per heavy atom. The van der Waals surface area contributed by atoms with Crippen LogP contribution in [0, 0.1) is 6.07 Å². The molecule has 2 nitrogen and oxygen atoms in total. The van der Waals surface area contributed by atoms with E-state index in [-0.39, 0.29) is 0 Å². The van der Waals surface area contributed by atoms with E-state index in [4.69, 9.17) is 9.47 Å². The number of ether oxygens (including phenoxy) is 2. The molecule has 2 rings (SSSR count). The number of methoxy groups -OCH3 is 2. The minimum absolute atomic E-state index is 0.838. The lowest BCUT2D eigenvalue weighted by Gasteiger charge is -2.06. The number of hydrogen-bond donors (Lipinski definition) is 0. The summed E-state index contributed by atoms with van der Waals surface area (Å²) in [5, 5.41) is 2.15. The zero-order valence-corrected chi connectivity index (χ0v) is 8.20. The second-order valence-corrected chi connectivity index (χ2v) is 2.98. The van der Waals surface area contributed by atoms with Crippen molar-refractivity contribution in [3.8, 4) is 11.5 Å². The van der Waals surface area contributed by atoms with Crippen molar-refractivity contribution in [3.05, 3.63) is 36.4 Å². The summed E-state index contributed by atoms with van der Waals surface area (Å²) in [6.07, 6.45) is 0. The lowest BCUT2D eigenvalue weighted by Crippen LogP contribution is -1.86. The van der Waals surface area contributed by atoms with Crippen LogP contribution in [0.3, 0.4) is 0 Å². The van der Waals surface area contributed by atoms with Crippen LogP contribution in [0.25, 0.3) is 10.8 Å². The second kappa shape index (κ2) is 3.58. The zero-order valence-electron chi connectivity index (χ0n) is 8.20. The zero-order chi connectivity index (χ0) is 9.97. The minimum Gasteiger partial charge on any atom is -0.497 e. The van der Waals surface area contributed by atoms with E-state index < -0.39 is 0 Å². The van der Waals surface area contributed by atoms with E-state index in [0.29, 0.717) is 0 Å². The summed E-state index contributed by atoms with van der Waals surface area (Å²) in [5.74, 6) is 1.68. The lowest BCUT2D eigenvalue weighted by molar-refractivity contribution is 0.414. The maximum Gasteiger partial charge on any atom is 0.127 e. The molecule has 0 aliphatic carbocycles. The molecule has 1 radical (unpaired) electrons. The van der Waals surface area contributed by atoms with Gasteiger partial charge >= 0.3 is 0 Å². The third kappa shape index (κ3) is 1.39. The molecule has 0 saturated carbocycles. The van der Waals surface area contributed by atoms with Gasteiger partial charge in [-0.15, -0.1) is 0 Å². The first-order chi connectivity index (χ1) is 6.85. The Kier molecular flexibility index (Phi) is 2.27. The highest BCUT2D eigenvalue weighted by Crippen LogP contribution is 2.27. The molecule has 0 amide bonds. The fraction of sp³-hybridized carbons (Fsp3) is 0.167. The van der Waals surface area contributed by atoms with Gasteiger partial charge in [-0.1, -0.05) is 0 Å². The molecule has 0 spiro atoms. The summed E-state index contributed by atoms with van der Waals surface area (Å²) in [6, 6.07) is 12.6. The van der Waals surface area contributed by atoms with Crippen LogP contribution >= 0.6 is 0 Å². The van der Waals surface area contributed by atoms with Gasteiger partial charge in [-0.25, -0.2) is 0 Å². The Morgan fingerprint density at radius 2 is 1.93 bits per heavy atom. The van der Waals surface area contributed by atoms with E-state index >= 15 is 0 Å². The molecule has 0 atom stereocenters. The van der Waals surface area contributed by atoms with Crippen LogP contribution in [-0.2, 0) is 0 Å². The highest BCUT2D eigenvalue weighted by atomic mass is 16.5. The number of fused-ring (bicyclic) bond motifs is 1. The van der Waals surface area contributed by atoms with Gasteiger partial charge in [0.1, 0.15) is 11.5 Å². The molecule has 0 aliphatic heterocycles. The van der Waals surface area contributed by atoms with Gasteiger partial charge in [0, 0.05) is 5.39 Å². The minimum atomic E-state index is 0.838. The Balaban J connectivity index is 2.67. The van der Waals surface area contributed by atoms with Crippen molar-refractivity contribution in [1.29, 1.82) is 0 Å². The molecule has 0 N–H and O–H groups in total. The number of benzene rings is 2. The Labute approximate surface area is 83.1 Å². The SMILES string of the molecule is COc1ccc2c(OC)c[c]cc2c1. The first kappa shape index (κ1) is 8.88. The molecule has 0 unspecified atom stereocenters. The quantitative estimate of drug-likeness (QED) is 0.719. The molecule has 2 heteroatoms. The molecule has 0 saturated heterocycles. The molecule has 14 heavy (non-hydrogen) atoms. The Bertz CT molecular complexity index is 449. The van der Waals surface area contributed by atoms with Gasteiger partial charge in [-0.05, 0) is 41.8 Å². The van der Waals surface area contributed by atoms with Crippen molar-refractivity contribution in [2.45, 2.75) is 0 Å². The van der Waals surface area contributed by atoms with Crippen molar-refractivity contribution in [2.75, 3.05) is 14.2 Å². The van der Waals surface area contributed by atoms with E-state index in [1.54, 1.807) is 14.2 Å². The summed E-state index contributed by atoms with van der Waals surface area (Å²) < 4.78 is 10.4. The molecular weight excluding hydrogens is 176 g/mol. The van der Waals surface area contributed by atoms with Crippen LogP contribution in [0.15, 0.2) is 30.3 Å². The normalized spacial score (nSPS) is 10.1. The standard InChI is InChI=1S/C12H11O2/c1-13-10-6-7-11-9(8-10)4-3-5-12(11)14-2/h4-8H,1-2H3. The van der Waals surface area contributed by atoms with E-state index in [1.807, 2.05) is 30.3 Å². The van der Waals surface area contributed by atoms with Gasteiger partial charge in [-0.2, -0.15) is 0 Å². The Hall–Kier alpha value is -1.70. The second-order valence-electron chi connectivity index (χ2n) is 2.98. The third-order valence-corrected chi connectivity index (χ3v) is 2.20. The molecule has 2 aromatic carbocycles. The third-order valence-electron chi connectivity index (χ3n) is 2.20. The Morgan fingerprint density at radius 3 is 2.64 bits per heavy atom. The summed E-state index contributed by atoms with van der Waals surface area (Å²) in [5.41, 5.74) is 0. The van der Waals surface area contributed by atoms with Crippen LogP contribution in [0.2, 0.25) is 0 Å². The van der Waals surface area contributed by atoms with Crippen molar-refractivity contribution in [1.82, 2.24) is 0 Å². The van der Waals surface area contributed by atoms with Gasteiger partial charge in [0.05, 0.1) is 14.2 Å². The molecule has 2 aromatic rings. The molecule has 0 fully saturated rings. The topological polar surface area (TPSA) is 18.5 Å². The monoisotopic (exact) mass is 187 g/mol. The maximum atomic E-state index is 5.23. The van der Waals surface area contributed by atoms with Crippen molar-refractivity contribution >= 4 is 10.8 Å². The van der Waals surface area contributed by atoms with Crippen LogP contribution in [0.4, 0.5) is 0 Å². The fourth-order valence-electron chi connectivity index (χ4n) is 1.47. The molecule has 0 aromatic heterocycles. The fourth-order valence-corrected chi connectivity index (χ4v) is 1.47. The molecule has 71 valence electrons. The molecule has 0 aliphatic rings. The number of hydrogen-bond acceptors (Lipinski definition) is 2. The summed E-state index contributed by atoms with van der Waals surface area (Å²) in [7, 11) is 3.32. The maximum absolute atomic E-state index is 5.23. The smallest absolute Gasteiger partial charge is 0.127 e. The van der Waals surface area contributed by atoms with Crippen molar-refractivity contribution in [2.24, 2.45) is 0 Å². The summed E-state index contributed by atoms with van der Waals surface area (Å²) >= 11 is 0. The largest absolute Gasteiger partial charge is 0.497 e. The summed E-state index contributed by atoms with van der Waals surface area (Å²) in [6.45, 7) is 0. The van der Waals surface area contributed by atoms with Crippen LogP contribution in [-0.4, -0.2) is 14.2 Å². The first-order valence-corrected chi connectivity index (χ1v) is 4.37.